The van der Waals surface area contributed by atoms with Crippen LogP contribution < -0.4 is 0 Å². The van der Waals surface area contributed by atoms with Crippen molar-refractivity contribution < 1.29 is 0 Å². The minimum Gasteiger partial charge on any atom is -0.153 e. The second kappa shape index (κ2) is 23.2. The summed E-state index contributed by atoms with van der Waals surface area (Å²) >= 11 is 0. The lowest BCUT2D eigenvalue weighted by molar-refractivity contribution is 1.48. The van der Waals surface area contributed by atoms with E-state index in [9.17, 15) is 0 Å². The van der Waals surface area contributed by atoms with Gasteiger partial charge in [-0.3, -0.25) is 0 Å². The lowest BCUT2D eigenvalue weighted by Crippen LogP contribution is -1.62. The Hall–Kier alpha value is 1.10. The maximum absolute atomic E-state index is 2.08. The molecule has 84 valence electrons. The molecule has 0 aliphatic rings. The van der Waals surface area contributed by atoms with Crippen molar-refractivity contribution in [1.82, 2.24) is 0 Å². The molecule has 0 amide bonds. The fraction of sp³-hybridized carbons (Fsp3) is 0.143. The molecular formula is C7H16Cl5P. The molecule has 0 saturated carbocycles. The van der Waals surface area contributed by atoms with E-state index in [2.05, 4.69) is 19.1 Å². The highest BCUT2D eigenvalue weighted by molar-refractivity contribution is 6.92. The molecule has 1 rings (SSSR count). The van der Waals surface area contributed by atoms with Crippen LogP contribution in [0.4, 0.5) is 0 Å². The zero-order valence-corrected chi connectivity index (χ0v) is 12.6. The number of aryl methyl sites for hydroxylation is 1. The quantitative estimate of drug-likeness (QED) is 0.631. The first-order chi connectivity index (χ1) is 3.39. The van der Waals surface area contributed by atoms with Gasteiger partial charge in [-0.05, 0) is 6.92 Å². The van der Waals surface area contributed by atoms with Gasteiger partial charge in [-0.1, -0.05) is 35.9 Å². The highest BCUT2D eigenvalue weighted by Crippen LogP contribution is 1.92. The third kappa shape index (κ3) is 19.5. The topological polar surface area (TPSA) is 0 Å². The summed E-state index contributed by atoms with van der Waals surface area (Å²) < 4.78 is 0. The lowest BCUT2D eigenvalue weighted by atomic mass is 10.2. The molecule has 0 radical (unpaired) electrons. The van der Waals surface area contributed by atoms with Crippen molar-refractivity contribution in [3.63, 3.8) is 0 Å². The Morgan fingerprint density at radius 2 is 1.00 bits per heavy atom. The zero-order valence-electron chi connectivity index (χ0n) is 7.14. The Kier molecular flexibility index (Phi) is 65.7. The maximum atomic E-state index is 2.08. The van der Waals surface area contributed by atoms with E-state index in [1.807, 2.05) is 18.2 Å². The van der Waals surface area contributed by atoms with Gasteiger partial charge in [0.1, 0.15) is 0 Å². The van der Waals surface area contributed by atoms with Gasteiger partial charge in [0.05, 0.1) is 0 Å². The molecule has 0 nitrogen and oxygen atoms in total. The van der Waals surface area contributed by atoms with Gasteiger partial charge in [-0.2, -0.15) is 9.90 Å². The van der Waals surface area contributed by atoms with Gasteiger partial charge in [0.2, 0.25) is 0 Å². The van der Waals surface area contributed by atoms with Gasteiger partial charge in [0, 0.05) is 0 Å². The van der Waals surface area contributed by atoms with Crippen LogP contribution in [0.1, 0.15) is 5.56 Å². The summed E-state index contributed by atoms with van der Waals surface area (Å²) in [5, 5.41) is 0. The van der Waals surface area contributed by atoms with Crippen molar-refractivity contribution in [3.8, 4) is 0 Å². The van der Waals surface area contributed by atoms with Gasteiger partial charge in [0.15, 0.2) is 0 Å². The summed E-state index contributed by atoms with van der Waals surface area (Å²) in [5.41, 5.74) is 1.32. The summed E-state index contributed by atoms with van der Waals surface area (Å²) in [5.74, 6) is 0. The van der Waals surface area contributed by atoms with E-state index in [1.165, 1.54) is 5.56 Å². The van der Waals surface area contributed by atoms with Crippen molar-refractivity contribution in [1.29, 1.82) is 0 Å². The molecule has 0 saturated heterocycles. The normalized spacial score (nSPS) is 4.69. The molecule has 0 aromatic heterocycles. The van der Waals surface area contributed by atoms with Crippen LogP contribution in [0.15, 0.2) is 30.3 Å². The summed E-state index contributed by atoms with van der Waals surface area (Å²) in [6.07, 6.45) is 0. The Bertz CT molecular complexity index is 147. The van der Waals surface area contributed by atoms with E-state index in [4.69, 9.17) is 0 Å². The molecule has 1 atom stereocenters. The van der Waals surface area contributed by atoms with Gasteiger partial charge < -0.3 is 0 Å². The van der Waals surface area contributed by atoms with Crippen molar-refractivity contribution in [2.75, 3.05) is 0 Å². The number of rotatable bonds is 0. The molecule has 0 spiro atoms. The van der Waals surface area contributed by atoms with Crippen LogP contribution in [0.2, 0.25) is 0 Å². The Balaban J connectivity index is -0.0000000204. The van der Waals surface area contributed by atoms with Gasteiger partial charge in [-0.15, -0.1) is 62.0 Å². The minimum atomic E-state index is 0. The van der Waals surface area contributed by atoms with Gasteiger partial charge >= 0.3 is 0 Å². The predicted molar refractivity (Wildman–Crippen MR) is 78.5 cm³/mol. The van der Waals surface area contributed by atoms with Crippen LogP contribution in [0.25, 0.3) is 0 Å². The number of halogens is 5. The molecule has 1 aromatic rings. The molecule has 6 heteroatoms. The fourth-order valence-electron chi connectivity index (χ4n) is 0.534. The third-order valence-electron chi connectivity index (χ3n) is 0.940. The first-order valence-corrected chi connectivity index (χ1v) is 2.41. The third-order valence-corrected chi connectivity index (χ3v) is 0.940. The highest BCUT2D eigenvalue weighted by Gasteiger charge is 1.72. The average Bonchev–Trinajstić information content (AvgIpc) is 1.69. The molecule has 0 fully saturated rings. The van der Waals surface area contributed by atoms with E-state index < -0.39 is 0 Å². The second-order valence-corrected chi connectivity index (χ2v) is 1.65. The fourth-order valence-corrected chi connectivity index (χ4v) is 0.534. The summed E-state index contributed by atoms with van der Waals surface area (Å²) in [6.45, 7) is 2.08. The lowest BCUT2D eigenvalue weighted by Gasteiger charge is -1.82. The molecule has 0 heterocycles. The average molecular weight is 308 g/mol. The van der Waals surface area contributed by atoms with Crippen LogP contribution in [0.3, 0.4) is 0 Å². The van der Waals surface area contributed by atoms with Crippen LogP contribution in [0, 0.1) is 6.92 Å². The highest BCUT2D eigenvalue weighted by atomic mass is 35.5. The maximum Gasteiger partial charge on any atom is -0.0398 e. The van der Waals surface area contributed by atoms with Crippen LogP contribution in [-0.2, 0) is 0 Å². The van der Waals surface area contributed by atoms with Crippen LogP contribution in [0.5, 0.6) is 0 Å². The smallest absolute Gasteiger partial charge is 0.0398 e. The standard InChI is InChI=1S/C7H8.5ClH.H3P/c1-7-5-3-2-4-6-7;;;;;;/h2-6H,1H3;5*1H;1H3. The molecule has 1 unspecified atom stereocenters. The Morgan fingerprint density at radius 1 is 0.692 bits per heavy atom. The molecule has 1 aromatic carbocycles. The summed E-state index contributed by atoms with van der Waals surface area (Å²) in [6, 6.07) is 10.3. The van der Waals surface area contributed by atoms with Crippen molar-refractivity contribution in [2.45, 2.75) is 6.92 Å². The molecule has 0 aliphatic carbocycles. The number of benzene rings is 1. The minimum absolute atomic E-state index is 0. The largest absolute Gasteiger partial charge is 0.153 e. The van der Waals surface area contributed by atoms with E-state index in [0.29, 0.717) is 0 Å². The van der Waals surface area contributed by atoms with E-state index >= 15 is 0 Å². The molecular weight excluding hydrogens is 292 g/mol. The van der Waals surface area contributed by atoms with E-state index in [0.717, 1.165) is 0 Å². The molecule has 0 aliphatic heterocycles. The van der Waals surface area contributed by atoms with Crippen molar-refractivity contribution in [2.24, 2.45) is 0 Å². The molecule has 0 bridgehead atoms. The van der Waals surface area contributed by atoms with Gasteiger partial charge in [-0.25, -0.2) is 0 Å². The Morgan fingerprint density at radius 3 is 1.15 bits per heavy atom. The second-order valence-electron chi connectivity index (χ2n) is 1.65. The first-order valence-electron chi connectivity index (χ1n) is 2.41. The van der Waals surface area contributed by atoms with Gasteiger partial charge in [0.25, 0.3) is 0 Å². The van der Waals surface area contributed by atoms with Crippen molar-refractivity contribution in [3.05, 3.63) is 35.9 Å². The Labute approximate surface area is 114 Å². The molecule has 13 heavy (non-hydrogen) atoms. The number of hydrogen-bond acceptors (Lipinski definition) is 0. The number of hydrogen-bond donors (Lipinski definition) is 0. The molecule has 0 N–H and O–H groups in total. The predicted octanol–water partition coefficient (Wildman–Crippen LogP) is 4.16. The monoisotopic (exact) mass is 306 g/mol. The van der Waals surface area contributed by atoms with E-state index in [1.54, 1.807) is 0 Å². The van der Waals surface area contributed by atoms with Crippen LogP contribution in [-0.4, -0.2) is 0 Å². The summed E-state index contributed by atoms with van der Waals surface area (Å²) in [7, 11) is 0. The SMILES string of the molecule is Cc1ccccc1.Cl.Cl.Cl.Cl.Cl.P. The van der Waals surface area contributed by atoms with E-state index in [-0.39, 0.29) is 71.9 Å². The summed E-state index contributed by atoms with van der Waals surface area (Å²) in [4.78, 5) is 0. The first kappa shape index (κ1) is 36.9. The zero-order chi connectivity index (χ0) is 5.11. The van der Waals surface area contributed by atoms with Crippen molar-refractivity contribution >= 4 is 71.9 Å². The van der Waals surface area contributed by atoms with Crippen LogP contribution >= 0.6 is 71.9 Å².